The number of hydrogen-bond acceptors (Lipinski definition) is 2. The van der Waals surface area contributed by atoms with E-state index in [1.807, 2.05) is 6.92 Å². The van der Waals surface area contributed by atoms with Crippen LogP contribution in [0.2, 0.25) is 0 Å². The molecule has 1 N–H and O–H groups in total. The molecule has 0 spiro atoms. The summed E-state index contributed by atoms with van der Waals surface area (Å²) in [7, 11) is -3.04. The third-order valence-electron chi connectivity index (χ3n) is 1.18. The Morgan fingerprint density at radius 1 is 1.45 bits per heavy atom. The average Bonchev–Trinajstić information content (AvgIpc) is 1.97. The maximum absolute atomic E-state index is 11.0. The molecule has 3 nitrogen and oxygen atoms in total. The van der Waals surface area contributed by atoms with Crippen LogP contribution in [0.1, 0.15) is 19.8 Å². The van der Waals surface area contributed by atoms with Crippen molar-refractivity contribution in [1.82, 2.24) is 4.72 Å². The SMILES string of the molecule is CCCCS(=O)(=O)NCCCl. The van der Waals surface area contributed by atoms with Crippen LogP contribution in [0.25, 0.3) is 0 Å². The molecule has 0 aliphatic heterocycles. The number of unbranched alkanes of at least 4 members (excludes halogenated alkanes) is 1. The molecule has 0 fully saturated rings. The molecule has 0 bridgehead atoms. The van der Waals surface area contributed by atoms with E-state index in [4.69, 9.17) is 11.6 Å². The fourth-order valence-corrected chi connectivity index (χ4v) is 2.03. The quantitative estimate of drug-likeness (QED) is 0.648. The van der Waals surface area contributed by atoms with Crippen LogP contribution in [0.3, 0.4) is 0 Å². The molecule has 0 atom stereocenters. The summed E-state index contributed by atoms with van der Waals surface area (Å²) in [4.78, 5) is 0. The van der Waals surface area contributed by atoms with Crippen molar-refractivity contribution < 1.29 is 8.42 Å². The Balaban J connectivity index is 3.63. The van der Waals surface area contributed by atoms with Gasteiger partial charge in [-0.3, -0.25) is 0 Å². The van der Waals surface area contributed by atoms with Crippen molar-refractivity contribution >= 4 is 21.6 Å². The van der Waals surface area contributed by atoms with E-state index in [2.05, 4.69) is 4.72 Å². The molecule has 0 rings (SSSR count). The van der Waals surface area contributed by atoms with Gasteiger partial charge in [-0.05, 0) is 6.42 Å². The van der Waals surface area contributed by atoms with Crippen molar-refractivity contribution in [3.63, 3.8) is 0 Å². The fourth-order valence-electron chi connectivity index (χ4n) is 0.601. The van der Waals surface area contributed by atoms with E-state index in [0.29, 0.717) is 18.8 Å². The predicted molar refractivity (Wildman–Crippen MR) is 47.4 cm³/mol. The van der Waals surface area contributed by atoms with Crippen LogP contribution >= 0.6 is 11.6 Å². The Kier molecular flexibility index (Phi) is 5.91. The second-order valence-electron chi connectivity index (χ2n) is 2.26. The first kappa shape index (κ1) is 11.2. The zero-order valence-electron chi connectivity index (χ0n) is 6.64. The number of sulfonamides is 1. The number of alkyl halides is 1. The van der Waals surface area contributed by atoms with Gasteiger partial charge < -0.3 is 0 Å². The lowest BCUT2D eigenvalue weighted by Crippen LogP contribution is -2.27. The van der Waals surface area contributed by atoms with Gasteiger partial charge in [0, 0.05) is 12.4 Å². The highest BCUT2D eigenvalue weighted by Gasteiger charge is 2.06. The molecule has 0 saturated heterocycles. The Morgan fingerprint density at radius 2 is 2.09 bits per heavy atom. The molecule has 0 aromatic heterocycles. The second kappa shape index (κ2) is 5.80. The van der Waals surface area contributed by atoms with Crippen molar-refractivity contribution in [2.75, 3.05) is 18.2 Å². The van der Waals surface area contributed by atoms with Crippen molar-refractivity contribution in [2.24, 2.45) is 0 Å². The largest absolute Gasteiger partial charge is 0.214 e. The summed E-state index contributed by atoms with van der Waals surface area (Å²) >= 11 is 5.31. The van der Waals surface area contributed by atoms with Crippen LogP contribution in [0.15, 0.2) is 0 Å². The number of rotatable bonds is 6. The van der Waals surface area contributed by atoms with E-state index in [-0.39, 0.29) is 5.75 Å². The van der Waals surface area contributed by atoms with Crippen LogP contribution < -0.4 is 4.72 Å². The van der Waals surface area contributed by atoms with Gasteiger partial charge in [0.25, 0.3) is 0 Å². The smallest absolute Gasteiger partial charge is 0.211 e. The first-order valence-corrected chi connectivity index (χ1v) is 5.84. The summed E-state index contributed by atoms with van der Waals surface area (Å²) in [6.45, 7) is 2.28. The molecular weight excluding hydrogens is 186 g/mol. The molecule has 0 heterocycles. The zero-order chi connectivity index (χ0) is 8.74. The van der Waals surface area contributed by atoms with Gasteiger partial charge in [-0.25, -0.2) is 13.1 Å². The minimum Gasteiger partial charge on any atom is -0.214 e. The molecule has 0 amide bonds. The Labute approximate surface area is 73.2 Å². The van der Waals surface area contributed by atoms with Gasteiger partial charge in [-0.15, -0.1) is 11.6 Å². The van der Waals surface area contributed by atoms with Crippen LogP contribution in [-0.2, 0) is 10.0 Å². The summed E-state index contributed by atoms with van der Waals surface area (Å²) in [5, 5.41) is 0. The van der Waals surface area contributed by atoms with E-state index in [1.165, 1.54) is 0 Å². The van der Waals surface area contributed by atoms with Crippen molar-refractivity contribution in [1.29, 1.82) is 0 Å². The third-order valence-corrected chi connectivity index (χ3v) is 2.84. The van der Waals surface area contributed by atoms with Crippen LogP contribution in [0, 0.1) is 0 Å². The molecule has 0 radical (unpaired) electrons. The van der Waals surface area contributed by atoms with E-state index >= 15 is 0 Å². The molecular formula is C6H14ClNO2S. The lowest BCUT2D eigenvalue weighted by atomic mass is 10.4. The highest BCUT2D eigenvalue weighted by molar-refractivity contribution is 7.89. The molecule has 0 aromatic rings. The molecule has 0 aliphatic rings. The maximum Gasteiger partial charge on any atom is 0.211 e. The molecule has 0 aromatic carbocycles. The molecule has 0 unspecified atom stereocenters. The van der Waals surface area contributed by atoms with Gasteiger partial charge >= 0.3 is 0 Å². The second-order valence-corrected chi connectivity index (χ2v) is 4.56. The van der Waals surface area contributed by atoms with Gasteiger partial charge in [0.1, 0.15) is 0 Å². The van der Waals surface area contributed by atoms with E-state index in [0.717, 1.165) is 6.42 Å². The number of nitrogens with one attached hydrogen (secondary N) is 1. The number of hydrogen-bond donors (Lipinski definition) is 1. The predicted octanol–water partition coefficient (Wildman–Crippen LogP) is 0.945. The molecule has 5 heteroatoms. The summed E-state index contributed by atoms with van der Waals surface area (Å²) in [5.41, 5.74) is 0. The monoisotopic (exact) mass is 199 g/mol. The number of halogens is 1. The van der Waals surface area contributed by atoms with Gasteiger partial charge in [0.15, 0.2) is 0 Å². The van der Waals surface area contributed by atoms with E-state index < -0.39 is 10.0 Å². The first-order valence-electron chi connectivity index (χ1n) is 3.65. The lowest BCUT2D eigenvalue weighted by Gasteiger charge is -2.02. The Hall–Kier alpha value is 0.200. The van der Waals surface area contributed by atoms with Crippen molar-refractivity contribution in [3.05, 3.63) is 0 Å². The summed E-state index contributed by atoms with van der Waals surface area (Å²) < 4.78 is 24.3. The maximum atomic E-state index is 11.0. The lowest BCUT2D eigenvalue weighted by molar-refractivity contribution is 0.580. The first-order chi connectivity index (χ1) is 5.12. The Morgan fingerprint density at radius 3 is 2.55 bits per heavy atom. The highest BCUT2D eigenvalue weighted by atomic mass is 35.5. The average molecular weight is 200 g/mol. The normalized spacial score (nSPS) is 11.8. The summed E-state index contributed by atoms with van der Waals surface area (Å²) in [6, 6.07) is 0. The third kappa shape index (κ3) is 6.59. The van der Waals surface area contributed by atoms with Gasteiger partial charge in [0.2, 0.25) is 10.0 Å². The van der Waals surface area contributed by atoms with E-state index in [9.17, 15) is 8.42 Å². The zero-order valence-corrected chi connectivity index (χ0v) is 8.21. The van der Waals surface area contributed by atoms with Crippen LogP contribution in [0.4, 0.5) is 0 Å². The van der Waals surface area contributed by atoms with Crippen LogP contribution in [-0.4, -0.2) is 26.6 Å². The van der Waals surface area contributed by atoms with Gasteiger partial charge in [-0.1, -0.05) is 13.3 Å². The van der Waals surface area contributed by atoms with Gasteiger partial charge in [-0.2, -0.15) is 0 Å². The van der Waals surface area contributed by atoms with Crippen molar-refractivity contribution in [2.45, 2.75) is 19.8 Å². The molecule has 68 valence electrons. The topological polar surface area (TPSA) is 46.2 Å². The minimum atomic E-state index is -3.04. The minimum absolute atomic E-state index is 0.209. The fraction of sp³-hybridized carbons (Fsp3) is 1.00. The molecule has 11 heavy (non-hydrogen) atoms. The van der Waals surface area contributed by atoms with E-state index in [1.54, 1.807) is 0 Å². The molecule has 0 aliphatic carbocycles. The highest BCUT2D eigenvalue weighted by Crippen LogP contribution is 1.92. The summed E-state index contributed by atoms with van der Waals surface area (Å²) in [6.07, 6.45) is 1.60. The summed E-state index contributed by atoms with van der Waals surface area (Å²) in [5.74, 6) is 0.533. The molecule has 0 saturated carbocycles. The Bertz CT molecular complexity index is 165. The van der Waals surface area contributed by atoms with Crippen molar-refractivity contribution in [3.8, 4) is 0 Å². The van der Waals surface area contributed by atoms with Crippen LogP contribution in [0.5, 0.6) is 0 Å². The standard InChI is InChI=1S/C6H14ClNO2S/c1-2-3-6-11(9,10)8-5-4-7/h8H,2-6H2,1H3. The van der Waals surface area contributed by atoms with Gasteiger partial charge in [0.05, 0.1) is 5.75 Å².